The molecule has 0 amide bonds. The molecule has 0 saturated carbocycles. The number of fused-ring (bicyclic) bond motifs is 14. The number of para-hydroxylation sites is 4. The molecule has 0 radical (unpaired) electrons. The zero-order chi connectivity index (χ0) is 68.2. The van der Waals surface area contributed by atoms with Crippen molar-refractivity contribution in [3.8, 4) is 73.7 Å². The highest BCUT2D eigenvalue weighted by molar-refractivity contribution is 9.11. The average molecular weight is 1690 g/mol. The van der Waals surface area contributed by atoms with Gasteiger partial charge in [-0.25, -0.2) is 15.0 Å². The summed E-state index contributed by atoms with van der Waals surface area (Å²) in [5, 5.41) is 12.3. The third-order valence-electron chi connectivity index (χ3n) is 18.1. The van der Waals surface area contributed by atoms with E-state index in [1.807, 2.05) is 72.8 Å². The predicted molar refractivity (Wildman–Crippen MR) is 438 cm³/mol. The Hall–Kier alpha value is -10.1. The first-order valence-electron chi connectivity index (χ1n) is 32.5. The first-order valence-corrected chi connectivity index (χ1v) is 37.2. The van der Waals surface area contributed by atoms with Gasteiger partial charge in [-0.2, -0.15) is 15.0 Å². The van der Waals surface area contributed by atoms with Crippen LogP contribution in [-0.4, -0.2) is 43.6 Å². The highest BCUT2D eigenvalue weighted by atomic mass is 79.9. The summed E-state index contributed by atoms with van der Waals surface area (Å²) in [6.07, 6.45) is 0. The van der Waals surface area contributed by atoms with Crippen molar-refractivity contribution in [3.05, 3.63) is 337 Å². The molecule has 9 nitrogen and oxygen atoms in total. The molecule has 5 heterocycles. The van der Waals surface area contributed by atoms with E-state index in [-0.39, 0.29) is 0 Å². The molecule has 0 aliphatic heterocycles. The highest BCUT2D eigenvalue weighted by Gasteiger charge is 2.22. The van der Waals surface area contributed by atoms with E-state index < -0.39 is 0 Å². The van der Waals surface area contributed by atoms with Gasteiger partial charge in [-0.3, -0.25) is 4.57 Å². The Kier molecular flexibility index (Phi) is 17.5. The minimum absolute atomic E-state index is 0.506. The number of hydrogen-bond acceptors (Lipinski definition) is 6. The lowest BCUT2D eigenvalue weighted by Gasteiger charge is -2.12. The molecule has 0 unspecified atom stereocenters. The van der Waals surface area contributed by atoms with Crippen molar-refractivity contribution in [1.82, 2.24) is 43.6 Å². The molecule has 19 rings (SSSR count). The van der Waals surface area contributed by atoms with Crippen molar-refractivity contribution in [2.45, 2.75) is 0 Å². The van der Waals surface area contributed by atoms with Crippen molar-refractivity contribution in [3.63, 3.8) is 0 Å². The fraction of sp³-hybridized carbons (Fsp3) is 0. The van der Waals surface area contributed by atoms with E-state index in [2.05, 4.69) is 361 Å². The van der Waals surface area contributed by atoms with Gasteiger partial charge < -0.3 is 9.13 Å². The summed E-state index contributed by atoms with van der Waals surface area (Å²) >= 11 is 21.3. The summed E-state index contributed by atoms with van der Waals surface area (Å²) in [6, 6.07) is 108. The lowest BCUT2D eigenvalue weighted by atomic mass is 9.96. The standard InChI is InChI=1S/C33H20Br2N4.C32H19Br2N.C21H12Br2N4/c34-25-17-24(18-26(35)20-25)23-15-16-30-28(19-23)27-13-7-8-14-29(27)39(30)33-37-31(21-9-3-1-4-10-21)36-32(38-33)22-11-5-2-6-12-22;33-22-16-21(17-23(34)19-22)20-14-15-30-29(18-20)31-27-12-6-4-10-25(27)26-11-5-7-13-28(26)32(31)35(30)24-8-2-1-3-9-24;22-20-24-19(25-21(23)26-20)13-10-11-18-16(12-13)15-8-4-5-9-17(15)27(18)14-6-2-1-3-7-14/h1-20H;1-19H;1-12H. The minimum Gasteiger partial charge on any atom is -0.309 e. The fourth-order valence-electron chi connectivity index (χ4n) is 13.8. The summed E-state index contributed by atoms with van der Waals surface area (Å²) in [7, 11) is 0. The Bertz CT molecular complexity index is 6300. The molecule has 0 bridgehead atoms. The second-order valence-corrected chi connectivity index (χ2v) is 29.3. The maximum absolute atomic E-state index is 5.00. The quantitative estimate of drug-likeness (QED) is 0.141. The first-order chi connectivity index (χ1) is 49.5. The SMILES string of the molecule is Brc1cc(Br)cc(-c2ccc3c(c2)c2c4ccccc4c4ccccc4c2n3-c2ccccc2)c1.Brc1cc(Br)cc(-c2ccc3c(c2)c2ccccc2n3-c2nc(-c3ccccc3)nc(-c3ccccc3)n2)c1.Brc1nc(Br)nc(-c2ccc3c(c2)c2ccccc2n3-c2ccccc2)n1. The van der Waals surface area contributed by atoms with E-state index in [4.69, 9.17) is 15.0 Å². The Balaban J connectivity index is 0.000000115. The van der Waals surface area contributed by atoms with Crippen LogP contribution in [0.25, 0.3) is 161 Å². The third-order valence-corrected chi connectivity index (χ3v) is 20.7. The Morgan fingerprint density at radius 3 is 1.08 bits per heavy atom. The van der Waals surface area contributed by atoms with Gasteiger partial charge in [0.15, 0.2) is 17.5 Å². The van der Waals surface area contributed by atoms with Crippen LogP contribution in [0.15, 0.2) is 337 Å². The molecule has 0 spiro atoms. The highest BCUT2D eigenvalue weighted by Crippen LogP contribution is 2.45. The lowest BCUT2D eigenvalue weighted by Crippen LogP contribution is -2.06. The average Bonchev–Trinajstić information content (AvgIpc) is 1.58. The largest absolute Gasteiger partial charge is 0.309 e. The summed E-state index contributed by atoms with van der Waals surface area (Å²) in [6.45, 7) is 0. The van der Waals surface area contributed by atoms with Gasteiger partial charge in [0.25, 0.3) is 0 Å². The maximum Gasteiger partial charge on any atom is 0.238 e. The zero-order valence-corrected chi connectivity index (χ0v) is 62.8. The number of hydrogen-bond donors (Lipinski definition) is 0. The van der Waals surface area contributed by atoms with Gasteiger partial charge in [0.1, 0.15) is 0 Å². The topological polar surface area (TPSA) is 92.1 Å². The van der Waals surface area contributed by atoms with E-state index in [0.717, 1.165) is 78.7 Å². The van der Waals surface area contributed by atoms with E-state index >= 15 is 0 Å². The summed E-state index contributed by atoms with van der Waals surface area (Å²) in [5.41, 5.74) is 16.7. The van der Waals surface area contributed by atoms with Crippen molar-refractivity contribution in [2.75, 3.05) is 0 Å². The molecular formula is C86H51Br6N9. The molecular weight excluding hydrogens is 1640 g/mol. The Morgan fingerprint density at radius 1 is 0.208 bits per heavy atom. The van der Waals surface area contributed by atoms with E-state index in [9.17, 15) is 0 Å². The molecule has 482 valence electrons. The molecule has 101 heavy (non-hydrogen) atoms. The van der Waals surface area contributed by atoms with E-state index in [1.54, 1.807) is 0 Å². The maximum atomic E-state index is 5.00. The van der Waals surface area contributed by atoms with Crippen LogP contribution in [0, 0.1) is 0 Å². The molecule has 0 aliphatic rings. The molecule has 14 aromatic carbocycles. The second kappa shape index (κ2) is 27.4. The van der Waals surface area contributed by atoms with Crippen LogP contribution in [0.5, 0.6) is 0 Å². The van der Waals surface area contributed by atoms with Crippen LogP contribution in [0.2, 0.25) is 0 Å². The normalized spacial score (nSPS) is 11.5. The van der Waals surface area contributed by atoms with Crippen molar-refractivity contribution >= 4 is 183 Å². The van der Waals surface area contributed by atoms with Gasteiger partial charge in [-0.05, 0) is 186 Å². The van der Waals surface area contributed by atoms with Gasteiger partial charge in [0, 0.05) is 83.7 Å². The monoisotopic (exact) mass is 1680 g/mol. The molecule has 5 aromatic heterocycles. The first kappa shape index (κ1) is 64.3. The zero-order valence-electron chi connectivity index (χ0n) is 53.2. The van der Waals surface area contributed by atoms with Gasteiger partial charge >= 0.3 is 0 Å². The molecule has 0 aliphatic carbocycles. The molecule has 19 aromatic rings. The van der Waals surface area contributed by atoms with Crippen LogP contribution in [0.1, 0.15) is 0 Å². The third kappa shape index (κ3) is 12.4. The van der Waals surface area contributed by atoms with E-state index in [0.29, 0.717) is 32.9 Å². The molecule has 15 heteroatoms. The predicted octanol–water partition coefficient (Wildman–Crippen LogP) is 25.9. The molecule has 0 fully saturated rings. The van der Waals surface area contributed by atoms with Crippen molar-refractivity contribution < 1.29 is 0 Å². The number of nitrogens with zero attached hydrogens (tertiary/aromatic N) is 9. The van der Waals surface area contributed by atoms with Crippen LogP contribution in [0.3, 0.4) is 0 Å². The molecule has 0 atom stereocenters. The molecule has 0 N–H and O–H groups in total. The van der Waals surface area contributed by atoms with Crippen LogP contribution >= 0.6 is 95.6 Å². The van der Waals surface area contributed by atoms with Crippen LogP contribution in [0.4, 0.5) is 0 Å². The number of benzene rings is 14. The lowest BCUT2D eigenvalue weighted by molar-refractivity contribution is 0.953. The van der Waals surface area contributed by atoms with Gasteiger partial charge in [0.05, 0.1) is 33.1 Å². The van der Waals surface area contributed by atoms with Crippen LogP contribution in [-0.2, 0) is 0 Å². The second-order valence-electron chi connectivity index (χ2n) is 24.3. The molecule has 0 saturated heterocycles. The number of rotatable bonds is 8. The van der Waals surface area contributed by atoms with Crippen molar-refractivity contribution in [2.24, 2.45) is 0 Å². The summed E-state index contributed by atoms with van der Waals surface area (Å²) in [4.78, 5) is 27.8. The van der Waals surface area contributed by atoms with Crippen molar-refractivity contribution in [1.29, 1.82) is 0 Å². The summed E-state index contributed by atoms with van der Waals surface area (Å²) in [5.74, 6) is 2.50. The Labute approximate surface area is 630 Å². The van der Waals surface area contributed by atoms with Gasteiger partial charge in [-0.1, -0.05) is 258 Å². The number of halogens is 6. The summed E-state index contributed by atoms with van der Waals surface area (Å²) < 4.78 is 12.1. The van der Waals surface area contributed by atoms with Gasteiger partial charge in [0.2, 0.25) is 15.4 Å². The van der Waals surface area contributed by atoms with Gasteiger partial charge in [-0.15, -0.1) is 0 Å². The number of aromatic nitrogens is 9. The van der Waals surface area contributed by atoms with E-state index in [1.165, 1.54) is 76.5 Å². The van der Waals surface area contributed by atoms with Crippen LogP contribution < -0.4 is 0 Å². The fourth-order valence-corrected chi connectivity index (χ4v) is 17.3. The smallest absolute Gasteiger partial charge is 0.238 e. The Morgan fingerprint density at radius 2 is 0.564 bits per heavy atom. The minimum atomic E-state index is 0.506.